The second-order valence-corrected chi connectivity index (χ2v) is 9.03. The van der Waals surface area contributed by atoms with Crippen molar-refractivity contribution in [2.75, 3.05) is 20.6 Å². The number of thioether (sulfide) groups is 1. The molecule has 0 radical (unpaired) electrons. The van der Waals surface area contributed by atoms with Gasteiger partial charge in [-0.05, 0) is 20.3 Å². The van der Waals surface area contributed by atoms with Crippen molar-refractivity contribution in [3.63, 3.8) is 0 Å². The Balaban J connectivity index is 1.85. The summed E-state index contributed by atoms with van der Waals surface area (Å²) >= 11 is 1.19. The van der Waals surface area contributed by atoms with Crippen LogP contribution >= 0.6 is 11.8 Å². The standard InChI is InChI=1S/C17H25N3O6S/c1-7(21)10-12-17(2,26)13(11(16(24)25)20(12)15(10)23)27-8-5-9(18-6-8)14(22)19(3)4/h7-10,12,18,21,26H,5-6H2,1-4H3,(H,24,25)/t7-,8+,9+,10-,12+,17?/m1/s1. The smallest absolute Gasteiger partial charge is 0.353 e. The Hall–Kier alpha value is -1.62. The Labute approximate surface area is 161 Å². The lowest BCUT2D eigenvalue weighted by molar-refractivity contribution is -0.171. The van der Waals surface area contributed by atoms with Gasteiger partial charge in [-0.3, -0.25) is 14.5 Å². The Morgan fingerprint density at radius 1 is 1.41 bits per heavy atom. The average Bonchev–Trinajstić information content (AvgIpc) is 3.08. The van der Waals surface area contributed by atoms with Crippen LogP contribution in [0.2, 0.25) is 0 Å². The van der Waals surface area contributed by atoms with Gasteiger partial charge in [0.15, 0.2) is 0 Å². The number of aliphatic carboxylic acids is 1. The largest absolute Gasteiger partial charge is 0.477 e. The molecule has 4 N–H and O–H groups in total. The number of carboxylic acid groups (broad SMARTS) is 1. The van der Waals surface area contributed by atoms with E-state index in [1.807, 2.05) is 0 Å². The first-order chi connectivity index (χ1) is 12.5. The van der Waals surface area contributed by atoms with E-state index >= 15 is 0 Å². The van der Waals surface area contributed by atoms with Crippen molar-refractivity contribution in [3.8, 4) is 0 Å². The average molecular weight is 399 g/mol. The van der Waals surface area contributed by atoms with E-state index in [2.05, 4.69) is 5.32 Å². The summed E-state index contributed by atoms with van der Waals surface area (Å²) < 4.78 is 0. The predicted octanol–water partition coefficient (Wildman–Crippen LogP) is -1.19. The highest BCUT2D eigenvalue weighted by molar-refractivity contribution is 8.03. The number of rotatable bonds is 5. The molecule has 3 aliphatic rings. The molecule has 2 amide bonds. The number of nitrogens with zero attached hydrogens (tertiary/aromatic N) is 2. The second-order valence-electron chi connectivity index (χ2n) is 7.72. The van der Waals surface area contributed by atoms with Gasteiger partial charge in [0.25, 0.3) is 0 Å². The third-order valence-electron chi connectivity index (χ3n) is 5.47. The lowest BCUT2D eigenvalue weighted by Gasteiger charge is -2.48. The van der Waals surface area contributed by atoms with Gasteiger partial charge in [0, 0.05) is 30.8 Å². The molecule has 1 unspecified atom stereocenters. The summed E-state index contributed by atoms with van der Waals surface area (Å²) in [6.07, 6.45) is -0.494. The van der Waals surface area contributed by atoms with Gasteiger partial charge in [-0.2, -0.15) is 0 Å². The fourth-order valence-electron chi connectivity index (χ4n) is 4.15. The number of likely N-dealkylation sites (N-methyl/N-ethyl adjacent to an activating group) is 1. The van der Waals surface area contributed by atoms with E-state index in [0.29, 0.717) is 13.0 Å². The van der Waals surface area contributed by atoms with Crippen molar-refractivity contribution in [3.05, 3.63) is 10.6 Å². The Kier molecular flexibility index (Phi) is 5.04. The zero-order chi connectivity index (χ0) is 20.3. The normalized spacial score (nSPS) is 36.5. The van der Waals surface area contributed by atoms with E-state index in [4.69, 9.17) is 0 Å². The Morgan fingerprint density at radius 2 is 2.04 bits per heavy atom. The summed E-state index contributed by atoms with van der Waals surface area (Å²) in [6, 6.07) is -1.16. The van der Waals surface area contributed by atoms with Crippen LogP contribution < -0.4 is 5.32 Å². The van der Waals surface area contributed by atoms with Gasteiger partial charge in [0.2, 0.25) is 11.8 Å². The van der Waals surface area contributed by atoms with Gasteiger partial charge in [0.05, 0.1) is 24.1 Å². The van der Waals surface area contributed by atoms with Crippen LogP contribution in [-0.4, -0.2) is 92.6 Å². The fourth-order valence-corrected chi connectivity index (χ4v) is 5.61. The second kappa shape index (κ2) is 6.77. The topological polar surface area (TPSA) is 130 Å². The molecule has 3 heterocycles. The van der Waals surface area contributed by atoms with Crippen molar-refractivity contribution in [1.29, 1.82) is 0 Å². The van der Waals surface area contributed by atoms with E-state index in [-0.39, 0.29) is 27.8 Å². The molecule has 0 spiro atoms. The summed E-state index contributed by atoms with van der Waals surface area (Å²) in [6.45, 7) is 3.43. The number of carboxylic acids is 1. The van der Waals surface area contributed by atoms with Gasteiger partial charge in [0.1, 0.15) is 11.3 Å². The molecular weight excluding hydrogens is 374 g/mol. The summed E-state index contributed by atoms with van der Waals surface area (Å²) in [5, 5.41) is 33.6. The van der Waals surface area contributed by atoms with Gasteiger partial charge in [-0.25, -0.2) is 4.79 Å². The van der Waals surface area contributed by atoms with Crippen LogP contribution in [0.5, 0.6) is 0 Å². The van der Waals surface area contributed by atoms with E-state index in [0.717, 1.165) is 4.90 Å². The van der Waals surface area contributed by atoms with Crippen molar-refractivity contribution in [1.82, 2.24) is 15.1 Å². The highest BCUT2D eigenvalue weighted by Crippen LogP contribution is 2.53. The quantitative estimate of drug-likeness (QED) is 0.425. The van der Waals surface area contributed by atoms with Crippen LogP contribution in [-0.2, 0) is 14.4 Å². The number of fused-ring (bicyclic) bond motifs is 1. The van der Waals surface area contributed by atoms with Gasteiger partial charge >= 0.3 is 5.97 Å². The van der Waals surface area contributed by atoms with Crippen molar-refractivity contribution < 1.29 is 29.7 Å². The fraction of sp³-hybridized carbons (Fsp3) is 0.706. The van der Waals surface area contributed by atoms with E-state index < -0.39 is 35.5 Å². The van der Waals surface area contributed by atoms with Crippen molar-refractivity contribution in [2.24, 2.45) is 5.92 Å². The molecule has 0 aromatic carbocycles. The zero-order valence-electron chi connectivity index (χ0n) is 15.7. The summed E-state index contributed by atoms with van der Waals surface area (Å²) in [5.74, 6) is -2.67. The summed E-state index contributed by atoms with van der Waals surface area (Å²) in [7, 11) is 3.34. The number of β-lactam (4-membered cyclic amide) rings is 1. The molecule has 9 nitrogen and oxygen atoms in total. The van der Waals surface area contributed by atoms with Crippen LogP contribution in [0.25, 0.3) is 0 Å². The molecule has 0 aliphatic carbocycles. The SMILES string of the molecule is C[C@@H](O)[C@H]1C(=O)N2C(C(=O)O)=C(S[C@@H]3CN[C@H](C(=O)N(C)C)C3)C(C)(O)[C@H]12. The number of carbonyl (C=O) groups excluding carboxylic acids is 2. The number of hydrogen-bond donors (Lipinski definition) is 4. The molecule has 0 aromatic rings. The van der Waals surface area contributed by atoms with Gasteiger partial charge in [-0.15, -0.1) is 11.8 Å². The lowest BCUT2D eigenvalue weighted by atomic mass is 9.77. The van der Waals surface area contributed by atoms with Crippen molar-refractivity contribution in [2.45, 2.75) is 49.3 Å². The van der Waals surface area contributed by atoms with E-state index in [1.54, 1.807) is 14.1 Å². The third-order valence-corrected chi connectivity index (χ3v) is 7.00. The first-order valence-corrected chi connectivity index (χ1v) is 9.69. The summed E-state index contributed by atoms with van der Waals surface area (Å²) in [4.78, 5) is 39.1. The first kappa shape index (κ1) is 20.1. The minimum atomic E-state index is -1.57. The Morgan fingerprint density at radius 3 is 2.56 bits per heavy atom. The number of nitrogens with one attached hydrogen (secondary N) is 1. The number of aliphatic hydroxyl groups is 2. The third kappa shape index (κ3) is 3.04. The molecular formula is C17H25N3O6S. The molecule has 150 valence electrons. The minimum Gasteiger partial charge on any atom is -0.477 e. The lowest BCUT2D eigenvalue weighted by Crippen LogP contribution is -2.68. The monoisotopic (exact) mass is 399 g/mol. The van der Waals surface area contributed by atoms with Crippen LogP contribution in [0.15, 0.2) is 10.6 Å². The highest BCUT2D eigenvalue weighted by Gasteiger charge is 2.66. The number of hydrogen-bond acceptors (Lipinski definition) is 7. The molecule has 0 aromatic heterocycles. The highest BCUT2D eigenvalue weighted by atomic mass is 32.2. The molecule has 27 heavy (non-hydrogen) atoms. The molecule has 2 fully saturated rings. The van der Waals surface area contributed by atoms with Crippen LogP contribution in [0, 0.1) is 5.92 Å². The van der Waals surface area contributed by atoms with Crippen LogP contribution in [0.3, 0.4) is 0 Å². The summed E-state index contributed by atoms with van der Waals surface area (Å²) in [5.41, 5.74) is -1.79. The molecule has 0 saturated carbocycles. The van der Waals surface area contributed by atoms with Crippen LogP contribution in [0.4, 0.5) is 0 Å². The van der Waals surface area contributed by atoms with Crippen molar-refractivity contribution >= 4 is 29.5 Å². The van der Waals surface area contributed by atoms with E-state index in [9.17, 15) is 29.7 Å². The maximum Gasteiger partial charge on any atom is 0.353 e. The molecule has 10 heteroatoms. The van der Waals surface area contributed by atoms with Crippen LogP contribution in [0.1, 0.15) is 20.3 Å². The number of aliphatic hydroxyl groups excluding tert-OH is 1. The first-order valence-electron chi connectivity index (χ1n) is 8.81. The maximum absolute atomic E-state index is 12.4. The number of amides is 2. The molecule has 6 atom stereocenters. The Bertz CT molecular complexity index is 719. The molecule has 3 rings (SSSR count). The molecule has 0 bridgehead atoms. The van der Waals surface area contributed by atoms with Gasteiger partial charge < -0.3 is 25.5 Å². The van der Waals surface area contributed by atoms with E-state index in [1.165, 1.54) is 30.5 Å². The maximum atomic E-state index is 12.4. The molecule has 2 saturated heterocycles. The predicted molar refractivity (Wildman–Crippen MR) is 97.6 cm³/mol. The molecule has 3 aliphatic heterocycles. The number of carbonyl (C=O) groups is 3. The zero-order valence-corrected chi connectivity index (χ0v) is 16.5. The van der Waals surface area contributed by atoms with Gasteiger partial charge in [-0.1, -0.05) is 0 Å². The minimum absolute atomic E-state index is 0.0584.